The second-order valence-corrected chi connectivity index (χ2v) is 6.63. The molecule has 0 radical (unpaired) electrons. The average Bonchev–Trinajstić information content (AvgIpc) is 2.18. The average molecular weight is 324 g/mol. The zero-order valence-electron chi connectivity index (χ0n) is 9.86. The molecular weight excluding hydrogens is 307 g/mol. The van der Waals surface area contributed by atoms with E-state index in [4.69, 9.17) is 23.2 Å². The van der Waals surface area contributed by atoms with Crippen molar-refractivity contribution in [2.24, 2.45) is 11.3 Å². The van der Waals surface area contributed by atoms with E-state index in [1.54, 1.807) is 0 Å². The molecule has 0 saturated heterocycles. The Morgan fingerprint density at radius 1 is 1.19 bits per heavy atom. The van der Waals surface area contributed by atoms with Crippen molar-refractivity contribution in [2.75, 3.05) is 5.33 Å². The van der Waals surface area contributed by atoms with Gasteiger partial charge in [0.05, 0.1) is 10.0 Å². The molecule has 0 aliphatic carbocycles. The highest BCUT2D eigenvalue weighted by molar-refractivity contribution is 9.09. The Labute approximate surface area is 116 Å². The van der Waals surface area contributed by atoms with E-state index in [1.165, 1.54) is 5.56 Å². The SMILES string of the molecule is CC(C)(C)C(CBr)Cc1ccc(Cl)c(Cl)c1. The van der Waals surface area contributed by atoms with Gasteiger partial charge in [0.2, 0.25) is 0 Å². The Morgan fingerprint density at radius 2 is 1.81 bits per heavy atom. The summed E-state index contributed by atoms with van der Waals surface area (Å²) in [4.78, 5) is 0. The fraction of sp³-hybridized carbons (Fsp3) is 0.538. The van der Waals surface area contributed by atoms with Crippen LogP contribution in [0, 0.1) is 11.3 Å². The Kier molecular flexibility index (Phi) is 5.15. The topological polar surface area (TPSA) is 0 Å². The van der Waals surface area contributed by atoms with Crippen molar-refractivity contribution in [3.05, 3.63) is 33.8 Å². The summed E-state index contributed by atoms with van der Waals surface area (Å²) in [6, 6.07) is 5.88. The minimum atomic E-state index is 0.287. The molecule has 0 amide bonds. The van der Waals surface area contributed by atoms with Gasteiger partial charge in [-0.05, 0) is 35.4 Å². The second kappa shape index (κ2) is 5.75. The number of rotatable bonds is 3. The predicted molar refractivity (Wildman–Crippen MR) is 76.9 cm³/mol. The van der Waals surface area contributed by atoms with Crippen LogP contribution in [0.5, 0.6) is 0 Å². The third kappa shape index (κ3) is 3.94. The summed E-state index contributed by atoms with van der Waals surface area (Å²) in [5.41, 5.74) is 1.53. The summed E-state index contributed by atoms with van der Waals surface area (Å²) in [6.45, 7) is 6.78. The molecule has 0 aliphatic heterocycles. The van der Waals surface area contributed by atoms with Crippen molar-refractivity contribution in [2.45, 2.75) is 27.2 Å². The normalized spacial score (nSPS) is 13.9. The molecule has 0 N–H and O–H groups in total. The van der Waals surface area contributed by atoms with E-state index in [0.717, 1.165) is 11.8 Å². The lowest BCUT2D eigenvalue weighted by atomic mass is 9.78. The van der Waals surface area contributed by atoms with E-state index < -0.39 is 0 Å². The third-order valence-electron chi connectivity index (χ3n) is 2.88. The molecule has 1 aromatic carbocycles. The van der Waals surface area contributed by atoms with Crippen LogP contribution in [0.2, 0.25) is 10.0 Å². The molecule has 90 valence electrons. The van der Waals surface area contributed by atoms with Crippen molar-refractivity contribution in [1.82, 2.24) is 0 Å². The van der Waals surface area contributed by atoms with Crippen LogP contribution in [0.4, 0.5) is 0 Å². The van der Waals surface area contributed by atoms with Crippen LogP contribution < -0.4 is 0 Å². The minimum absolute atomic E-state index is 0.287. The van der Waals surface area contributed by atoms with Crippen molar-refractivity contribution in [3.63, 3.8) is 0 Å². The molecule has 1 aromatic rings. The quantitative estimate of drug-likeness (QED) is 0.636. The summed E-state index contributed by atoms with van der Waals surface area (Å²) < 4.78 is 0. The molecule has 3 heteroatoms. The third-order valence-corrected chi connectivity index (χ3v) is 4.40. The summed E-state index contributed by atoms with van der Waals surface area (Å²) in [6.07, 6.45) is 1.02. The van der Waals surface area contributed by atoms with Gasteiger partial charge in [-0.25, -0.2) is 0 Å². The fourth-order valence-electron chi connectivity index (χ4n) is 1.54. The van der Waals surface area contributed by atoms with Crippen molar-refractivity contribution in [3.8, 4) is 0 Å². The first-order valence-electron chi connectivity index (χ1n) is 5.34. The van der Waals surface area contributed by atoms with Gasteiger partial charge >= 0.3 is 0 Å². The standard InChI is InChI=1S/C13H17BrCl2/c1-13(2,3)10(8-14)6-9-4-5-11(15)12(16)7-9/h4-5,7,10H,6,8H2,1-3H3. The Morgan fingerprint density at radius 3 is 2.25 bits per heavy atom. The predicted octanol–water partition coefficient (Wildman–Crippen LogP) is 5.59. The fourth-order valence-corrected chi connectivity index (χ4v) is 3.06. The minimum Gasteiger partial charge on any atom is -0.0925 e. The van der Waals surface area contributed by atoms with E-state index in [2.05, 4.69) is 42.8 Å². The molecule has 1 rings (SSSR count). The Balaban J connectivity index is 2.83. The maximum Gasteiger partial charge on any atom is 0.0595 e. The Hall–Kier alpha value is 0.280. The second-order valence-electron chi connectivity index (χ2n) is 5.17. The van der Waals surface area contributed by atoms with Crippen molar-refractivity contribution in [1.29, 1.82) is 0 Å². The van der Waals surface area contributed by atoms with Crippen LogP contribution in [0.1, 0.15) is 26.3 Å². The van der Waals surface area contributed by atoms with Crippen molar-refractivity contribution < 1.29 is 0 Å². The number of benzene rings is 1. The van der Waals surface area contributed by atoms with Crippen molar-refractivity contribution >= 4 is 39.1 Å². The number of hydrogen-bond acceptors (Lipinski definition) is 0. The molecule has 0 fully saturated rings. The van der Waals surface area contributed by atoms with Gasteiger partial charge in [-0.2, -0.15) is 0 Å². The zero-order valence-corrected chi connectivity index (χ0v) is 13.0. The monoisotopic (exact) mass is 322 g/mol. The summed E-state index contributed by atoms with van der Waals surface area (Å²) in [7, 11) is 0. The lowest BCUT2D eigenvalue weighted by Crippen LogP contribution is -2.23. The Bertz CT molecular complexity index is 355. The van der Waals surface area contributed by atoms with Gasteiger partial charge in [-0.15, -0.1) is 0 Å². The van der Waals surface area contributed by atoms with Crippen LogP contribution in [0.3, 0.4) is 0 Å². The van der Waals surface area contributed by atoms with Gasteiger partial charge in [0.15, 0.2) is 0 Å². The molecule has 1 unspecified atom stereocenters. The van der Waals surface area contributed by atoms with Gasteiger partial charge in [-0.1, -0.05) is 66.0 Å². The maximum atomic E-state index is 6.01. The molecular formula is C13H17BrCl2. The highest BCUT2D eigenvalue weighted by atomic mass is 79.9. The molecule has 0 saturated carbocycles. The van der Waals surface area contributed by atoms with Gasteiger partial charge in [0.1, 0.15) is 0 Å². The molecule has 0 spiro atoms. The summed E-state index contributed by atoms with van der Waals surface area (Å²) in [5, 5.41) is 2.26. The molecule has 0 aromatic heterocycles. The van der Waals surface area contributed by atoms with Gasteiger partial charge in [0, 0.05) is 5.33 Å². The van der Waals surface area contributed by atoms with E-state index in [9.17, 15) is 0 Å². The molecule has 0 aliphatic rings. The first-order valence-corrected chi connectivity index (χ1v) is 7.22. The molecule has 1 atom stereocenters. The van der Waals surface area contributed by atoms with Crippen LogP contribution in [-0.4, -0.2) is 5.33 Å². The van der Waals surface area contributed by atoms with Gasteiger partial charge < -0.3 is 0 Å². The number of hydrogen-bond donors (Lipinski definition) is 0. The van der Waals surface area contributed by atoms with E-state index >= 15 is 0 Å². The zero-order chi connectivity index (χ0) is 12.3. The highest BCUT2D eigenvalue weighted by Crippen LogP contribution is 2.32. The first-order chi connectivity index (χ1) is 7.34. The molecule has 16 heavy (non-hydrogen) atoms. The lowest BCUT2D eigenvalue weighted by molar-refractivity contribution is 0.267. The van der Waals surface area contributed by atoms with Gasteiger partial charge in [0.25, 0.3) is 0 Å². The van der Waals surface area contributed by atoms with E-state index in [-0.39, 0.29) is 5.41 Å². The highest BCUT2D eigenvalue weighted by Gasteiger charge is 2.23. The summed E-state index contributed by atoms with van der Waals surface area (Å²) in [5.74, 6) is 0.588. The van der Waals surface area contributed by atoms with Crippen LogP contribution in [0.15, 0.2) is 18.2 Å². The molecule has 0 bridgehead atoms. The van der Waals surface area contributed by atoms with Crippen LogP contribution in [-0.2, 0) is 6.42 Å². The van der Waals surface area contributed by atoms with E-state index in [0.29, 0.717) is 16.0 Å². The molecule has 0 nitrogen and oxygen atoms in total. The lowest BCUT2D eigenvalue weighted by Gasteiger charge is -2.29. The smallest absolute Gasteiger partial charge is 0.0595 e. The van der Waals surface area contributed by atoms with Gasteiger partial charge in [-0.3, -0.25) is 0 Å². The van der Waals surface area contributed by atoms with Crippen LogP contribution >= 0.6 is 39.1 Å². The number of halogens is 3. The van der Waals surface area contributed by atoms with E-state index in [1.807, 2.05) is 12.1 Å². The maximum absolute atomic E-state index is 6.01. The van der Waals surface area contributed by atoms with Crippen LogP contribution in [0.25, 0.3) is 0 Å². The summed E-state index contributed by atoms with van der Waals surface area (Å²) >= 11 is 15.5. The first kappa shape index (κ1) is 14.3. The molecule has 0 heterocycles. The largest absolute Gasteiger partial charge is 0.0925 e. The number of alkyl halides is 1.